The van der Waals surface area contributed by atoms with E-state index in [0.717, 1.165) is 110 Å². The van der Waals surface area contributed by atoms with E-state index < -0.39 is 0 Å². The molecule has 0 aliphatic carbocycles. The maximum absolute atomic E-state index is 6.86. The highest BCUT2D eigenvalue weighted by atomic mass is 16.3. The van der Waals surface area contributed by atoms with Gasteiger partial charge in [0.2, 0.25) is 0 Å². The molecule has 4 heterocycles. The lowest BCUT2D eigenvalue weighted by atomic mass is 9.96. The molecule has 0 fully saturated rings. The Bertz CT molecular complexity index is 3850. The lowest BCUT2D eigenvalue weighted by molar-refractivity contribution is 0.668. The molecule has 63 heavy (non-hydrogen) atoms. The Morgan fingerprint density at radius 2 is 0.794 bits per heavy atom. The van der Waals surface area contributed by atoms with Gasteiger partial charge in [0, 0.05) is 43.6 Å². The van der Waals surface area contributed by atoms with Crippen LogP contribution in [0.2, 0.25) is 0 Å². The van der Waals surface area contributed by atoms with Crippen LogP contribution in [0.3, 0.4) is 0 Å². The van der Waals surface area contributed by atoms with Crippen molar-refractivity contribution in [2.24, 2.45) is 0 Å². The Hall–Kier alpha value is -8.61. The zero-order valence-electron chi connectivity index (χ0n) is 33.7. The van der Waals surface area contributed by atoms with Crippen molar-refractivity contribution in [3.8, 4) is 62.1 Å². The first kappa shape index (κ1) is 35.2. The van der Waals surface area contributed by atoms with E-state index in [1.54, 1.807) is 0 Å². The molecule has 13 rings (SSSR count). The molecule has 0 saturated heterocycles. The summed E-state index contributed by atoms with van der Waals surface area (Å²) in [6, 6.07) is 71.4. The second-order valence-electron chi connectivity index (χ2n) is 15.9. The van der Waals surface area contributed by atoms with Gasteiger partial charge >= 0.3 is 0 Å². The zero-order valence-corrected chi connectivity index (χ0v) is 33.7. The summed E-state index contributed by atoms with van der Waals surface area (Å²) in [5.41, 5.74) is 13.4. The van der Waals surface area contributed by atoms with Gasteiger partial charge in [0.25, 0.3) is 0 Å². The Kier molecular flexibility index (Phi) is 7.80. The van der Waals surface area contributed by atoms with Gasteiger partial charge in [-0.25, -0.2) is 15.0 Å². The largest absolute Gasteiger partial charge is 0.456 e. The van der Waals surface area contributed by atoms with E-state index in [0.29, 0.717) is 17.5 Å². The number of para-hydroxylation sites is 3. The summed E-state index contributed by atoms with van der Waals surface area (Å²) in [5.74, 6) is 1.74. The first-order valence-electron chi connectivity index (χ1n) is 21.1. The Morgan fingerprint density at radius 1 is 0.302 bits per heavy atom. The molecule has 13 aromatic rings. The summed E-state index contributed by atoms with van der Waals surface area (Å²) in [6.45, 7) is 0. The summed E-state index contributed by atoms with van der Waals surface area (Å²) >= 11 is 0. The maximum Gasteiger partial charge on any atom is 0.166 e. The van der Waals surface area contributed by atoms with Crippen molar-refractivity contribution >= 4 is 65.7 Å². The number of furan rings is 2. The smallest absolute Gasteiger partial charge is 0.166 e. The van der Waals surface area contributed by atoms with E-state index in [1.807, 2.05) is 48.5 Å². The predicted molar refractivity (Wildman–Crippen MR) is 256 cm³/mol. The highest BCUT2D eigenvalue weighted by Gasteiger charge is 2.26. The lowest BCUT2D eigenvalue weighted by Crippen LogP contribution is -2.04. The fourth-order valence-corrected chi connectivity index (χ4v) is 9.39. The molecule has 0 saturated carbocycles. The third-order valence-corrected chi connectivity index (χ3v) is 12.3. The molecular weight excluding hydrogens is 773 g/mol. The van der Waals surface area contributed by atoms with Gasteiger partial charge in [0.1, 0.15) is 22.3 Å². The molecule has 4 aromatic heterocycles. The summed E-state index contributed by atoms with van der Waals surface area (Å²) in [5, 5.41) is 6.44. The SMILES string of the molecule is c1ccc(-c2ccc(-c3nc(-c4ccccc4)nc(-c4ccc5oc6cccc(-c7ccc8oc9ccccc9c8c7)c6c5c4-n4c5ccccc5c5ccccc54)n3)cc2)cc1. The number of nitrogens with zero attached hydrogens (tertiary/aromatic N) is 4. The molecule has 0 bridgehead atoms. The first-order valence-corrected chi connectivity index (χ1v) is 21.1. The van der Waals surface area contributed by atoms with Gasteiger partial charge in [-0.3, -0.25) is 0 Å². The molecule has 6 heteroatoms. The minimum Gasteiger partial charge on any atom is -0.456 e. The molecule has 0 radical (unpaired) electrons. The van der Waals surface area contributed by atoms with E-state index in [4.69, 9.17) is 23.8 Å². The summed E-state index contributed by atoms with van der Waals surface area (Å²) in [7, 11) is 0. The minimum absolute atomic E-state index is 0.558. The van der Waals surface area contributed by atoms with Crippen molar-refractivity contribution in [1.82, 2.24) is 19.5 Å². The van der Waals surface area contributed by atoms with Crippen LogP contribution in [0.25, 0.3) is 128 Å². The summed E-state index contributed by atoms with van der Waals surface area (Å²) < 4.78 is 15.5. The quantitative estimate of drug-likeness (QED) is 0.167. The molecule has 0 N–H and O–H groups in total. The first-order chi connectivity index (χ1) is 31.2. The molecule has 0 amide bonds. The number of fused-ring (bicyclic) bond motifs is 9. The number of rotatable bonds is 6. The molecule has 0 aliphatic rings. The van der Waals surface area contributed by atoms with Crippen molar-refractivity contribution in [2.75, 3.05) is 0 Å². The zero-order chi connectivity index (χ0) is 41.4. The van der Waals surface area contributed by atoms with Crippen LogP contribution < -0.4 is 0 Å². The molecular formula is C57H34N4O2. The fraction of sp³-hybridized carbons (Fsp3) is 0. The number of aromatic nitrogens is 4. The van der Waals surface area contributed by atoms with E-state index in [2.05, 4.69) is 162 Å². The van der Waals surface area contributed by atoms with Crippen LogP contribution in [0.1, 0.15) is 0 Å². The van der Waals surface area contributed by atoms with Gasteiger partial charge in [0.05, 0.1) is 22.1 Å². The predicted octanol–water partition coefficient (Wildman–Crippen LogP) is 15.1. The normalized spacial score (nSPS) is 11.8. The third-order valence-electron chi connectivity index (χ3n) is 12.3. The van der Waals surface area contributed by atoms with E-state index in [1.165, 1.54) is 0 Å². The summed E-state index contributed by atoms with van der Waals surface area (Å²) in [4.78, 5) is 15.8. The highest BCUT2D eigenvalue weighted by molar-refractivity contribution is 6.20. The Balaban J connectivity index is 1.13. The second-order valence-corrected chi connectivity index (χ2v) is 15.9. The number of benzene rings is 9. The molecule has 6 nitrogen and oxygen atoms in total. The van der Waals surface area contributed by atoms with Crippen LogP contribution in [-0.4, -0.2) is 19.5 Å². The number of hydrogen-bond acceptors (Lipinski definition) is 5. The Labute approximate surface area is 361 Å². The second kappa shape index (κ2) is 14.0. The van der Waals surface area contributed by atoms with Crippen LogP contribution in [0, 0.1) is 0 Å². The standard InChI is InChI=1S/C57H34N4O2/c1-3-14-35(15-4-1)36-26-28-38(29-27-36)56-58-55(37-16-5-2-6-17-37)59-57(60-56)44-31-33-51-53(54(44)61-46-22-10-7-18-41(46)42-19-8-11-23-47(42)61)52-40(21-13-25-50(52)63-51)39-30-32-49-45(34-39)43-20-9-12-24-48(43)62-49/h1-34H. The average Bonchev–Trinajstić information content (AvgIpc) is 4.04. The van der Waals surface area contributed by atoms with Crippen LogP contribution in [-0.2, 0) is 0 Å². The maximum atomic E-state index is 6.86. The van der Waals surface area contributed by atoms with E-state index >= 15 is 0 Å². The Morgan fingerprint density at radius 3 is 1.52 bits per heavy atom. The average molecular weight is 807 g/mol. The highest BCUT2D eigenvalue weighted by Crippen LogP contribution is 2.46. The molecule has 294 valence electrons. The van der Waals surface area contributed by atoms with E-state index in [9.17, 15) is 0 Å². The van der Waals surface area contributed by atoms with Gasteiger partial charge in [0.15, 0.2) is 17.5 Å². The fourth-order valence-electron chi connectivity index (χ4n) is 9.39. The van der Waals surface area contributed by atoms with Gasteiger partial charge in [-0.2, -0.15) is 0 Å². The molecule has 0 atom stereocenters. The van der Waals surface area contributed by atoms with E-state index in [-0.39, 0.29) is 0 Å². The third kappa shape index (κ3) is 5.62. The molecule has 0 spiro atoms. The van der Waals surface area contributed by atoms with Crippen molar-refractivity contribution in [1.29, 1.82) is 0 Å². The van der Waals surface area contributed by atoms with Crippen LogP contribution in [0.15, 0.2) is 215 Å². The monoisotopic (exact) mass is 806 g/mol. The summed E-state index contributed by atoms with van der Waals surface area (Å²) in [6.07, 6.45) is 0. The molecule has 0 unspecified atom stereocenters. The van der Waals surface area contributed by atoms with Crippen molar-refractivity contribution in [3.05, 3.63) is 206 Å². The van der Waals surface area contributed by atoms with Gasteiger partial charge < -0.3 is 13.4 Å². The van der Waals surface area contributed by atoms with Crippen molar-refractivity contribution in [2.45, 2.75) is 0 Å². The number of hydrogen-bond donors (Lipinski definition) is 0. The van der Waals surface area contributed by atoms with Gasteiger partial charge in [-0.15, -0.1) is 0 Å². The van der Waals surface area contributed by atoms with Crippen LogP contribution in [0.5, 0.6) is 0 Å². The van der Waals surface area contributed by atoms with Crippen LogP contribution in [0.4, 0.5) is 0 Å². The minimum atomic E-state index is 0.558. The van der Waals surface area contributed by atoms with Gasteiger partial charge in [-0.05, 0) is 70.8 Å². The van der Waals surface area contributed by atoms with Crippen molar-refractivity contribution in [3.63, 3.8) is 0 Å². The van der Waals surface area contributed by atoms with Crippen molar-refractivity contribution < 1.29 is 8.83 Å². The molecule has 9 aromatic carbocycles. The van der Waals surface area contributed by atoms with Gasteiger partial charge in [-0.1, -0.05) is 158 Å². The molecule has 0 aliphatic heterocycles. The lowest BCUT2D eigenvalue weighted by Gasteiger charge is -2.16. The van der Waals surface area contributed by atoms with Crippen LogP contribution >= 0.6 is 0 Å². The topological polar surface area (TPSA) is 69.9 Å².